The van der Waals surface area contributed by atoms with Crippen LogP contribution in [0.15, 0.2) is 24.2 Å². The molecule has 4 aliphatic rings. The van der Waals surface area contributed by atoms with Gasteiger partial charge in [-0.25, -0.2) is 0 Å². The summed E-state index contributed by atoms with van der Waals surface area (Å²) in [5, 5.41) is 10.7. The van der Waals surface area contributed by atoms with Gasteiger partial charge in [-0.05, 0) is 38.0 Å². The summed E-state index contributed by atoms with van der Waals surface area (Å²) in [6.07, 6.45) is 1.16. The summed E-state index contributed by atoms with van der Waals surface area (Å²) >= 11 is 0. The Morgan fingerprint density at radius 1 is 1.50 bits per heavy atom. The zero-order valence-corrected chi connectivity index (χ0v) is 12.6. The SMILES string of the molecule is [2H]c1c([2H])c(OC)c2c3c1C[C@H]1N(C)CC[C@@]34C([2H])(O2)C(O)C=C[C@@]14[2H]. The van der Waals surface area contributed by atoms with Crippen molar-refractivity contribution in [2.45, 2.75) is 36.5 Å². The van der Waals surface area contributed by atoms with Gasteiger partial charge in [0.1, 0.15) is 12.2 Å². The molecule has 2 aliphatic heterocycles. The van der Waals surface area contributed by atoms with E-state index in [1.807, 2.05) is 7.05 Å². The van der Waals surface area contributed by atoms with Gasteiger partial charge in [-0.3, -0.25) is 0 Å². The van der Waals surface area contributed by atoms with Crippen LogP contribution in [0, 0.1) is 5.89 Å². The van der Waals surface area contributed by atoms with Crippen molar-refractivity contribution in [3.8, 4) is 11.5 Å². The monoisotopic (exact) mass is 303 g/mol. The lowest BCUT2D eigenvalue weighted by molar-refractivity contribution is -0.0453. The molecule has 4 heteroatoms. The smallest absolute Gasteiger partial charge is 0.165 e. The second-order valence-corrected chi connectivity index (χ2v) is 6.55. The summed E-state index contributed by atoms with van der Waals surface area (Å²) in [5.41, 5.74) is 0.195. The van der Waals surface area contributed by atoms with Crippen LogP contribution in [0.3, 0.4) is 0 Å². The molecule has 0 aromatic heterocycles. The van der Waals surface area contributed by atoms with Crippen molar-refractivity contribution in [3.63, 3.8) is 0 Å². The molecule has 1 aromatic carbocycles. The van der Waals surface area contributed by atoms with E-state index >= 15 is 0 Å². The van der Waals surface area contributed by atoms with E-state index in [4.69, 9.17) is 13.6 Å². The Morgan fingerprint density at radius 3 is 3.18 bits per heavy atom. The number of piperidine rings is 1. The van der Waals surface area contributed by atoms with Crippen LogP contribution >= 0.6 is 0 Å². The fourth-order valence-electron chi connectivity index (χ4n) is 4.68. The van der Waals surface area contributed by atoms with E-state index in [1.165, 1.54) is 13.2 Å². The molecular formula is C18H21NO3. The van der Waals surface area contributed by atoms with E-state index in [-0.39, 0.29) is 29.6 Å². The normalized spacial score (nSPS) is 50.3. The molecule has 2 heterocycles. The number of methoxy groups -OCH3 is 1. The third-order valence-electron chi connectivity index (χ3n) is 5.67. The van der Waals surface area contributed by atoms with Crippen LogP contribution in [0.5, 0.6) is 11.5 Å². The molecule has 116 valence electrons. The maximum Gasteiger partial charge on any atom is 0.165 e. The standard InChI is InChI=1S/C18H21NO3/c1-19-8-7-18-11-4-5-13(20)17(18)22-16-14(21-2)6-3-10(15(16)18)9-12(11)19/h3-6,11-13,17,20H,7-9H2,1-2H3/t11-,12+,13?,17?,18-/m0/s1/i3D,6D,11D,17D. The molecule has 0 radical (unpaired) electrons. The average Bonchev–Trinajstić information content (AvgIpc) is 2.87. The Bertz CT molecular complexity index is 877. The minimum absolute atomic E-state index is 0.0687. The molecule has 2 aliphatic carbocycles. The van der Waals surface area contributed by atoms with Crippen molar-refractivity contribution in [2.24, 2.45) is 5.89 Å². The van der Waals surface area contributed by atoms with Crippen LogP contribution in [0.1, 0.15) is 23.0 Å². The topological polar surface area (TPSA) is 41.9 Å². The number of hydrogen-bond donors (Lipinski definition) is 1. The molecular weight excluding hydrogens is 278 g/mol. The molecule has 0 saturated carbocycles. The number of aliphatic hydroxyl groups excluding tert-OH is 1. The average molecular weight is 303 g/mol. The summed E-state index contributed by atoms with van der Waals surface area (Å²) in [7, 11) is 3.37. The molecule has 5 atom stereocenters. The number of likely N-dealkylation sites (tertiary alicyclic amines) is 1. The van der Waals surface area contributed by atoms with Gasteiger partial charge >= 0.3 is 0 Å². The zero-order valence-electron chi connectivity index (χ0n) is 16.6. The first kappa shape index (κ1) is 9.58. The van der Waals surface area contributed by atoms with Crippen LogP contribution < -0.4 is 9.47 Å². The number of aliphatic hydroxyl groups is 1. The van der Waals surface area contributed by atoms with E-state index in [9.17, 15) is 6.48 Å². The first-order valence-corrected chi connectivity index (χ1v) is 7.70. The molecule has 2 bridgehead atoms. The fraction of sp³-hybridized carbons (Fsp3) is 0.556. The molecule has 1 fully saturated rings. The van der Waals surface area contributed by atoms with Crippen molar-refractivity contribution in [1.29, 1.82) is 0 Å². The van der Waals surface area contributed by atoms with Crippen LogP contribution in [0.2, 0.25) is 0 Å². The van der Waals surface area contributed by atoms with E-state index < -0.39 is 23.5 Å². The third-order valence-corrected chi connectivity index (χ3v) is 5.67. The first-order chi connectivity index (χ1) is 12.2. The maximum atomic E-state index is 10.7. The number of rotatable bonds is 1. The lowest BCUT2D eigenvalue weighted by atomic mass is 9.53. The van der Waals surface area contributed by atoms with Crippen LogP contribution in [-0.2, 0) is 11.8 Å². The number of benzene rings is 1. The maximum absolute atomic E-state index is 10.7. The lowest BCUT2D eigenvalue weighted by Gasteiger charge is -2.56. The highest BCUT2D eigenvalue weighted by molar-refractivity contribution is 5.62. The van der Waals surface area contributed by atoms with Gasteiger partial charge in [0.25, 0.3) is 0 Å². The van der Waals surface area contributed by atoms with Gasteiger partial charge in [-0.1, -0.05) is 18.2 Å². The largest absolute Gasteiger partial charge is 0.493 e. The van der Waals surface area contributed by atoms with E-state index in [0.29, 0.717) is 30.5 Å². The van der Waals surface area contributed by atoms with Gasteiger partial charge in [-0.15, -0.1) is 0 Å². The first-order valence-electron chi connectivity index (χ1n) is 9.70. The predicted molar refractivity (Wildman–Crippen MR) is 82.5 cm³/mol. The molecule has 22 heavy (non-hydrogen) atoms. The Kier molecular flexibility index (Phi) is 1.77. The van der Waals surface area contributed by atoms with E-state index in [0.717, 1.165) is 0 Å². The molecule has 4 nitrogen and oxygen atoms in total. The summed E-state index contributed by atoms with van der Waals surface area (Å²) in [6.45, 7) is 0.674. The number of likely N-dealkylation sites (N-methyl/N-ethyl adjacent to an activating group) is 1. The van der Waals surface area contributed by atoms with Crippen molar-refractivity contribution < 1.29 is 20.1 Å². The minimum atomic E-state index is -1.77. The molecule has 0 amide bonds. The summed E-state index contributed by atoms with van der Waals surface area (Å²) in [4.78, 5) is 2.09. The van der Waals surface area contributed by atoms with Crippen molar-refractivity contribution in [1.82, 2.24) is 4.90 Å². The van der Waals surface area contributed by atoms with Crippen molar-refractivity contribution >= 4 is 0 Å². The third kappa shape index (κ3) is 1.28. The highest BCUT2D eigenvalue weighted by atomic mass is 16.5. The zero-order chi connectivity index (χ0) is 18.6. The molecule has 5 rings (SSSR count). The van der Waals surface area contributed by atoms with Crippen LogP contribution in [0.25, 0.3) is 0 Å². The molecule has 1 aromatic rings. The molecule has 1 saturated heterocycles. The Hall–Kier alpha value is -1.52. The van der Waals surface area contributed by atoms with Gasteiger partial charge in [0.2, 0.25) is 0 Å². The van der Waals surface area contributed by atoms with Crippen LogP contribution in [0.4, 0.5) is 0 Å². The van der Waals surface area contributed by atoms with Gasteiger partial charge < -0.3 is 19.5 Å². The minimum Gasteiger partial charge on any atom is -0.493 e. The molecule has 2 unspecified atom stereocenters. The van der Waals surface area contributed by atoms with Crippen LogP contribution in [-0.4, -0.2) is 48.9 Å². The Morgan fingerprint density at radius 2 is 2.36 bits per heavy atom. The number of nitrogens with zero attached hydrogens (tertiary/aromatic N) is 1. The van der Waals surface area contributed by atoms with Gasteiger partial charge in [-0.2, -0.15) is 0 Å². The number of ether oxygens (including phenoxy) is 2. The molecule has 1 spiro atoms. The second kappa shape index (κ2) is 4.06. The summed E-state index contributed by atoms with van der Waals surface area (Å²) in [5.74, 6) is -0.766. The van der Waals surface area contributed by atoms with Crippen molar-refractivity contribution in [3.05, 3.63) is 35.4 Å². The highest BCUT2D eigenvalue weighted by Gasteiger charge is 2.64. The molecule has 1 N–H and O–H groups in total. The lowest BCUT2D eigenvalue weighted by Crippen LogP contribution is -2.64. The van der Waals surface area contributed by atoms with Gasteiger partial charge in [0.05, 0.1) is 11.2 Å². The Balaban J connectivity index is 1.96. The Labute approximate surface area is 135 Å². The summed E-state index contributed by atoms with van der Waals surface area (Å²) < 4.78 is 46.7. The second-order valence-electron chi connectivity index (χ2n) is 6.55. The van der Waals surface area contributed by atoms with Crippen molar-refractivity contribution in [2.75, 3.05) is 20.7 Å². The predicted octanol–water partition coefficient (Wildman–Crippen LogP) is 1.50. The summed E-state index contributed by atoms with van der Waals surface area (Å²) in [6, 6.07) is -0.247. The van der Waals surface area contributed by atoms with E-state index in [2.05, 4.69) is 4.90 Å². The quantitative estimate of drug-likeness (QED) is 0.799. The van der Waals surface area contributed by atoms with Gasteiger partial charge in [0, 0.05) is 24.3 Å². The highest BCUT2D eigenvalue weighted by Crippen LogP contribution is 2.62. The van der Waals surface area contributed by atoms with E-state index in [1.54, 1.807) is 6.08 Å². The number of hydrogen-bond acceptors (Lipinski definition) is 4. The fourth-order valence-corrected chi connectivity index (χ4v) is 4.68. The van der Waals surface area contributed by atoms with Gasteiger partial charge in [0.15, 0.2) is 11.5 Å².